The minimum absolute atomic E-state index is 0.194. The number of hydrogen-bond acceptors (Lipinski definition) is 4. The predicted octanol–water partition coefficient (Wildman–Crippen LogP) is -0.946. The number of rotatable bonds is 1. The lowest BCUT2D eigenvalue weighted by Gasteiger charge is -2.33. The van der Waals surface area contributed by atoms with Gasteiger partial charge in [-0.1, -0.05) is 11.6 Å². The third kappa shape index (κ3) is 2.04. The third-order valence-corrected chi connectivity index (χ3v) is 1.99. The van der Waals surface area contributed by atoms with Gasteiger partial charge in [-0.15, -0.1) is 0 Å². The normalized spacial score (nSPS) is 45.8. The Morgan fingerprint density at radius 1 is 1.45 bits per heavy atom. The van der Waals surface area contributed by atoms with E-state index in [1.165, 1.54) is 0 Å². The molecule has 0 bridgehead atoms. The van der Waals surface area contributed by atoms with Gasteiger partial charge >= 0.3 is 0 Å². The van der Waals surface area contributed by atoms with E-state index in [-0.39, 0.29) is 13.0 Å². The maximum absolute atomic E-state index is 9.16. The second-order valence-corrected chi connectivity index (χ2v) is 3.05. The van der Waals surface area contributed by atoms with Crippen molar-refractivity contribution >= 4 is 11.6 Å². The number of alkyl halides is 1. The summed E-state index contributed by atoms with van der Waals surface area (Å²) in [6.45, 7) is -0.332. The smallest absolute Gasteiger partial charge is 0.134 e. The quantitative estimate of drug-likeness (QED) is 0.458. The van der Waals surface area contributed by atoms with Gasteiger partial charge in [-0.05, 0) is 0 Å². The Morgan fingerprint density at radius 3 is 2.64 bits per heavy atom. The first-order chi connectivity index (χ1) is 5.15. The summed E-state index contributed by atoms with van der Waals surface area (Å²) in [4.78, 5) is 0. The number of aliphatic hydroxyl groups excluding tert-OH is 3. The van der Waals surface area contributed by atoms with Crippen LogP contribution in [-0.4, -0.2) is 45.8 Å². The van der Waals surface area contributed by atoms with Crippen molar-refractivity contribution < 1.29 is 20.1 Å². The first-order valence-electron chi connectivity index (χ1n) is 3.41. The molecule has 0 amide bonds. The molecule has 0 aromatic carbocycles. The molecule has 5 heteroatoms. The standard InChI is InChI=1S/C6H11ClO4/c7-5-1-3(9)6(10)4(2-8)11-5/h3-6,8-10H,1-2H2/t3-,4-,5-,6-/m1/s1. The second kappa shape index (κ2) is 3.69. The van der Waals surface area contributed by atoms with Gasteiger partial charge in [0.2, 0.25) is 0 Å². The van der Waals surface area contributed by atoms with Crippen LogP contribution in [0.15, 0.2) is 0 Å². The van der Waals surface area contributed by atoms with Gasteiger partial charge in [0.15, 0.2) is 0 Å². The monoisotopic (exact) mass is 182 g/mol. The summed E-state index contributed by atoms with van der Waals surface area (Å²) >= 11 is 5.55. The van der Waals surface area contributed by atoms with Crippen molar-refractivity contribution in [1.82, 2.24) is 0 Å². The Hall–Kier alpha value is 0.130. The molecule has 3 N–H and O–H groups in total. The minimum Gasteiger partial charge on any atom is -0.394 e. The van der Waals surface area contributed by atoms with Crippen molar-refractivity contribution in [3.05, 3.63) is 0 Å². The zero-order valence-corrected chi connectivity index (χ0v) is 6.61. The Kier molecular flexibility index (Phi) is 3.09. The highest BCUT2D eigenvalue weighted by Crippen LogP contribution is 2.22. The minimum atomic E-state index is -1.03. The Bertz CT molecular complexity index is 132. The van der Waals surface area contributed by atoms with Gasteiger partial charge in [-0.25, -0.2) is 0 Å². The van der Waals surface area contributed by atoms with E-state index < -0.39 is 23.9 Å². The van der Waals surface area contributed by atoms with Crippen LogP contribution in [0.2, 0.25) is 0 Å². The fourth-order valence-corrected chi connectivity index (χ4v) is 1.37. The average Bonchev–Trinajstić information content (AvgIpc) is 1.96. The first-order valence-corrected chi connectivity index (χ1v) is 3.85. The number of ether oxygens (including phenoxy) is 1. The summed E-state index contributed by atoms with van der Waals surface area (Å²) < 4.78 is 4.92. The van der Waals surface area contributed by atoms with Crippen LogP contribution in [0.3, 0.4) is 0 Å². The van der Waals surface area contributed by atoms with Crippen molar-refractivity contribution in [2.75, 3.05) is 6.61 Å². The Morgan fingerprint density at radius 2 is 2.09 bits per heavy atom. The lowest BCUT2D eigenvalue weighted by Crippen LogP contribution is -2.48. The van der Waals surface area contributed by atoms with Crippen molar-refractivity contribution in [1.29, 1.82) is 0 Å². The molecule has 4 atom stereocenters. The van der Waals surface area contributed by atoms with E-state index in [1.807, 2.05) is 0 Å². The van der Waals surface area contributed by atoms with E-state index in [1.54, 1.807) is 0 Å². The molecule has 0 saturated carbocycles. The molecule has 11 heavy (non-hydrogen) atoms. The molecule has 1 rings (SSSR count). The Labute approximate surface area is 69.4 Å². The van der Waals surface area contributed by atoms with Gasteiger partial charge in [0.25, 0.3) is 0 Å². The average molecular weight is 183 g/mol. The summed E-state index contributed by atoms with van der Waals surface area (Å²) in [5, 5.41) is 26.9. The predicted molar refractivity (Wildman–Crippen MR) is 38.2 cm³/mol. The highest BCUT2D eigenvalue weighted by atomic mass is 35.5. The molecular formula is C6H11ClO4. The molecule has 1 fully saturated rings. The van der Waals surface area contributed by atoms with Crippen molar-refractivity contribution in [3.63, 3.8) is 0 Å². The molecule has 1 heterocycles. The molecule has 66 valence electrons. The molecule has 0 unspecified atom stereocenters. The number of hydrogen-bond donors (Lipinski definition) is 3. The van der Waals surface area contributed by atoms with Gasteiger partial charge in [0.1, 0.15) is 17.8 Å². The SMILES string of the molecule is OC[C@H]1O[C@@H](Cl)C[C@@H](O)[C@H]1O. The van der Waals surface area contributed by atoms with Gasteiger partial charge < -0.3 is 20.1 Å². The van der Waals surface area contributed by atoms with Crippen LogP contribution in [0, 0.1) is 0 Å². The molecule has 0 radical (unpaired) electrons. The zero-order chi connectivity index (χ0) is 8.43. The van der Waals surface area contributed by atoms with E-state index >= 15 is 0 Å². The largest absolute Gasteiger partial charge is 0.394 e. The summed E-state index contributed by atoms with van der Waals surface area (Å²) in [5.74, 6) is 0. The van der Waals surface area contributed by atoms with Crippen LogP contribution in [0.1, 0.15) is 6.42 Å². The number of aliphatic hydroxyl groups is 3. The third-order valence-electron chi connectivity index (χ3n) is 1.70. The highest BCUT2D eigenvalue weighted by Gasteiger charge is 2.35. The molecule has 0 aromatic rings. The van der Waals surface area contributed by atoms with Gasteiger partial charge in [0.05, 0.1) is 12.7 Å². The topological polar surface area (TPSA) is 69.9 Å². The van der Waals surface area contributed by atoms with Crippen molar-refractivity contribution in [2.45, 2.75) is 30.3 Å². The van der Waals surface area contributed by atoms with Crippen molar-refractivity contribution in [2.24, 2.45) is 0 Å². The summed E-state index contributed by atoms with van der Waals surface area (Å²) in [6, 6.07) is 0. The summed E-state index contributed by atoms with van der Waals surface area (Å²) in [6.07, 6.45) is -2.50. The van der Waals surface area contributed by atoms with Crippen LogP contribution in [0.25, 0.3) is 0 Å². The van der Waals surface area contributed by atoms with Gasteiger partial charge in [0, 0.05) is 6.42 Å². The highest BCUT2D eigenvalue weighted by molar-refractivity contribution is 6.19. The fourth-order valence-electron chi connectivity index (χ4n) is 1.05. The van der Waals surface area contributed by atoms with Crippen LogP contribution in [-0.2, 0) is 4.74 Å². The lowest BCUT2D eigenvalue weighted by molar-refractivity contribution is -0.159. The van der Waals surface area contributed by atoms with E-state index in [2.05, 4.69) is 0 Å². The molecule has 4 nitrogen and oxygen atoms in total. The first kappa shape index (κ1) is 9.22. The summed E-state index contributed by atoms with van der Waals surface area (Å²) in [7, 11) is 0. The van der Waals surface area contributed by atoms with Crippen LogP contribution in [0.4, 0.5) is 0 Å². The molecule has 1 saturated heterocycles. The van der Waals surface area contributed by atoms with Crippen LogP contribution < -0.4 is 0 Å². The second-order valence-electron chi connectivity index (χ2n) is 2.56. The summed E-state index contributed by atoms with van der Waals surface area (Å²) in [5.41, 5.74) is -0.620. The molecule has 1 aliphatic rings. The fraction of sp³-hybridized carbons (Fsp3) is 1.00. The van der Waals surface area contributed by atoms with Crippen LogP contribution in [0.5, 0.6) is 0 Å². The maximum atomic E-state index is 9.16. The molecule has 0 aliphatic carbocycles. The maximum Gasteiger partial charge on any atom is 0.134 e. The molecule has 0 aromatic heterocycles. The molecule has 0 spiro atoms. The van der Waals surface area contributed by atoms with Gasteiger partial charge in [-0.3, -0.25) is 0 Å². The molecule has 1 aliphatic heterocycles. The molecular weight excluding hydrogens is 172 g/mol. The van der Waals surface area contributed by atoms with E-state index in [0.29, 0.717) is 0 Å². The van der Waals surface area contributed by atoms with Crippen molar-refractivity contribution in [3.8, 4) is 0 Å². The van der Waals surface area contributed by atoms with E-state index in [4.69, 9.17) is 31.7 Å². The van der Waals surface area contributed by atoms with Crippen LogP contribution >= 0.6 is 11.6 Å². The van der Waals surface area contributed by atoms with Gasteiger partial charge in [-0.2, -0.15) is 0 Å². The van der Waals surface area contributed by atoms with E-state index in [0.717, 1.165) is 0 Å². The lowest BCUT2D eigenvalue weighted by atomic mass is 10.0. The Balaban J connectivity index is 2.51. The zero-order valence-electron chi connectivity index (χ0n) is 5.85. The van der Waals surface area contributed by atoms with E-state index in [9.17, 15) is 0 Å². The number of halogens is 1.